The van der Waals surface area contributed by atoms with Gasteiger partial charge in [-0.3, -0.25) is 0 Å². The molecule has 1 aromatic carbocycles. The summed E-state index contributed by atoms with van der Waals surface area (Å²) < 4.78 is 38.5. The maximum atomic E-state index is 12.8. The van der Waals surface area contributed by atoms with Crippen LogP contribution in [0, 0.1) is 0 Å². The zero-order valence-corrected chi connectivity index (χ0v) is 12.1. The zero-order valence-electron chi connectivity index (χ0n) is 11.3. The quantitative estimate of drug-likeness (QED) is 0.835. The molecule has 2 nitrogen and oxygen atoms in total. The lowest BCUT2D eigenvalue weighted by Crippen LogP contribution is -2.33. The molecule has 6 heteroatoms. The topological polar surface area (TPSA) is 29.3 Å². The molecule has 0 heterocycles. The van der Waals surface area contributed by atoms with Gasteiger partial charge in [-0.1, -0.05) is 6.92 Å². The standard InChI is InChI=1S/C13H19F3N2S/c1-4-9(8-19-3)18(2)10-5-6-12(17)11(7-10)13(14,15)16/h5-7,9H,4,8,17H2,1-3H3. The first kappa shape index (κ1) is 16.0. The molecule has 0 aromatic heterocycles. The van der Waals surface area contributed by atoms with E-state index in [0.29, 0.717) is 5.69 Å². The molecule has 19 heavy (non-hydrogen) atoms. The molecule has 1 rings (SSSR count). The molecule has 0 bridgehead atoms. The number of anilines is 2. The van der Waals surface area contributed by atoms with Gasteiger partial charge in [0.05, 0.1) is 5.56 Å². The maximum Gasteiger partial charge on any atom is 0.418 e. The number of benzene rings is 1. The summed E-state index contributed by atoms with van der Waals surface area (Å²) in [5, 5.41) is 0. The van der Waals surface area contributed by atoms with E-state index in [4.69, 9.17) is 5.73 Å². The van der Waals surface area contributed by atoms with Crippen LogP contribution < -0.4 is 10.6 Å². The fourth-order valence-electron chi connectivity index (χ4n) is 1.92. The van der Waals surface area contributed by atoms with Gasteiger partial charge >= 0.3 is 6.18 Å². The van der Waals surface area contributed by atoms with Gasteiger partial charge in [0, 0.05) is 30.2 Å². The minimum atomic E-state index is -4.41. The normalized spacial score (nSPS) is 13.4. The molecular weight excluding hydrogens is 273 g/mol. The Morgan fingerprint density at radius 2 is 2.00 bits per heavy atom. The third-order valence-corrected chi connectivity index (χ3v) is 3.85. The fourth-order valence-corrected chi connectivity index (χ4v) is 2.76. The maximum absolute atomic E-state index is 12.8. The highest BCUT2D eigenvalue weighted by Gasteiger charge is 2.33. The summed E-state index contributed by atoms with van der Waals surface area (Å²) in [7, 11) is 1.82. The van der Waals surface area contributed by atoms with Crippen LogP contribution in [0.15, 0.2) is 18.2 Å². The van der Waals surface area contributed by atoms with E-state index < -0.39 is 11.7 Å². The predicted octanol–water partition coefficient (Wildman–Crippen LogP) is 3.87. The lowest BCUT2D eigenvalue weighted by molar-refractivity contribution is -0.136. The Morgan fingerprint density at radius 1 is 1.37 bits per heavy atom. The van der Waals surface area contributed by atoms with E-state index in [-0.39, 0.29) is 11.7 Å². The van der Waals surface area contributed by atoms with Gasteiger partial charge in [-0.2, -0.15) is 24.9 Å². The van der Waals surface area contributed by atoms with Gasteiger partial charge in [-0.05, 0) is 30.9 Å². The van der Waals surface area contributed by atoms with Gasteiger partial charge in [-0.25, -0.2) is 0 Å². The van der Waals surface area contributed by atoms with E-state index >= 15 is 0 Å². The first-order valence-electron chi connectivity index (χ1n) is 5.99. The van der Waals surface area contributed by atoms with Crippen molar-refractivity contribution in [3.05, 3.63) is 23.8 Å². The van der Waals surface area contributed by atoms with Crippen LogP contribution in [0.2, 0.25) is 0 Å². The number of nitrogen functional groups attached to an aromatic ring is 1. The van der Waals surface area contributed by atoms with Crippen LogP contribution in [-0.4, -0.2) is 25.1 Å². The molecule has 0 aliphatic rings. The van der Waals surface area contributed by atoms with Gasteiger partial charge in [-0.15, -0.1) is 0 Å². The Morgan fingerprint density at radius 3 is 2.47 bits per heavy atom. The van der Waals surface area contributed by atoms with Crippen molar-refractivity contribution in [2.45, 2.75) is 25.6 Å². The van der Waals surface area contributed by atoms with Crippen LogP contribution in [0.3, 0.4) is 0 Å². The molecule has 0 spiro atoms. The van der Waals surface area contributed by atoms with Gasteiger partial charge < -0.3 is 10.6 Å². The van der Waals surface area contributed by atoms with Crippen molar-refractivity contribution < 1.29 is 13.2 Å². The lowest BCUT2D eigenvalue weighted by Gasteiger charge is -2.29. The van der Waals surface area contributed by atoms with Crippen LogP contribution in [-0.2, 0) is 6.18 Å². The number of hydrogen-bond acceptors (Lipinski definition) is 3. The summed E-state index contributed by atoms with van der Waals surface area (Å²) in [5.41, 5.74) is 4.94. The summed E-state index contributed by atoms with van der Waals surface area (Å²) in [4.78, 5) is 1.88. The number of thioether (sulfide) groups is 1. The van der Waals surface area contributed by atoms with Crippen molar-refractivity contribution in [3.8, 4) is 0 Å². The highest BCUT2D eigenvalue weighted by Crippen LogP contribution is 2.36. The highest BCUT2D eigenvalue weighted by molar-refractivity contribution is 7.98. The average molecular weight is 292 g/mol. The van der Waals surface area contributed by atoms with Gasteiger partial charge in [0.15, 0.2) is 0 Å². The fraction of sp³-hybridized carbons (Fsp3) is 0.538. The first-order valence-corrected chi connectivity index (χ1v) is 7.39. The predicted molar refractivity (Wildman–Crippen MR) is 76.7 cm³/mol. The Hall–Kier alpha value is -1.04. The Balaban J connectivity index is 3.08. The lowest BCUT2D eigenvalue weighted by atomic mass is 10.1. The second-order valence-corrected chi connectivity index (χ2v) is 5.31. The van der Waals surface area contributed by atoms with Crippen LogP contribution >= 0.6 is 11.8 Å². The second kappa shape index (κ2) is 6.41. The average Bonchev–Trinajstić information content (AvgIpc) is 2.34. The van der Waals surface area contributed by atoms with Crippen molar-refractivity contribution in [1.29, 1.82) is 0 Å². The molecule has 0 saturated heterocycles. The first-order chi connectivity index (χ1) is 8.81. The number of alkyl halides is 3. The highest BCUT2D eigenvalue weighted by atomic mass is 32.2. The van der Waals surface area contributed by atoms with Crippen LogP contribution in [0.1, 0.15) is 18.9 Å². The van der Waals surface area contributed by atoms with E-state index in [9.17, 15) is 13.2 Å². The monoisotopic (exact) mass is 292 g/mol. The van der Waals surface area contributed by atoms with E-state index in [1.165, 1.54) is 6.07 Å². The van der Waals surface area contributed by atoms with E-state index in [1.807, 2.05) is 25.1 Å². The summed E-state index contributed by atoms with van der Waals surface area (Å²) in [6.45, 7) is 2.03. The molecule has 0 fully saturated rings. The summed E-state index contributed by atoms with van der Waals surface area (Å²) >= 11 is 1.68. The molecule has 0 amide bonds. The smallest absolute Gasteiger partial charge is 0.398 e. The summed E-state index contributed by atoms with van der Waals surface area (Å²) in [6.07, 6.45) is -1.55. The van der Waals surface area contributed by atoms with Crippen LogP contribution in [0.4, 0.5) is 24.5 Å². The molecule has 0 radical (unpaired) electrons. The number of hydrogen-bond donors (Lipinski definition) is 1. The SMILES string of the molecule is CCC(CSC)N(C)c1ccc(N)c(C(F)(F)F)c1. The number of halogens is 3. The summed E-state index contributed by atoms with van der Waals surface area (Å²) in [6, 6.07) is 4.28. The molecule has 0 aliphatic heterocycles. The Labute approximate surface area is 116 Å². The van der Waals surface area contributed by atoms with E-state index in [2.05, 4.69) is 0 Å². The molecule has 2 N–H and O–H groups in total. The Kier molecular flexibility index (Phi) is 5.40. The minimum Gasteiger partial charge on any atom is -0.398 e. The van der Waals surface area contributed by atoms with E-state index in [0.717, 1.165) is 18.2 Å². The van der Waals surface area contributed by atoms with Crippen molar-refractivity contribution in [2.24, 2.45) is 0 Å². The molecule has 1 aromatic rings. The van der Waals surface area contributed by atoms with E-state index in [1.54, 1.807) is 17.8 Å². The molecule has 0 saturated carbocycles. The number of nitrogens with zero attached hydrogens (tertiary/aromatic N) is 1. The third kappa shape index (κ3) is 3.96. The van der Waals surface area contributed by atoms with Crippen molar-refractivity contribution >= 4 is 23.1 Å². The number of nitrogens with two attached hydrogens (primary N) is 1. The molecule has 1 atom stereocenters. The van der Waals surface area contributed by atoms with Crippen molar-refractivity contribution in [2.75, 3.05) is 29.7 Å². The third-order valence-electron chi connectivity index (χ3n) is 3.13. The van der Waals surface area contributed by atoms with Crippen LogP contribution in [0.25, 0.3) is 0 Å². The van der Waals surface area contributed by atoms with Gasteiger partial charge in [0.25, 0.3) is 0 Å². The number of rotatable bonds is 5. The molecule has 0 aliphatic carbocycles. The molecule has 1 unspecified atom stereocenters. The Bertz CT molecular complexity index is 421. The molecular formula is C13H19F3N2S. The minimum absolute atomic E-state index is 0.208. The van der Waals surface area contributed by atoms with Crippen molar-refractivity contribution in [3.63, 3.8) is 0 Å². The van der Waals surface area contributed by atoms with Crippen molar-refractivity contribution in [1.82, 2.24) is 0 Å². The largest absolute Gasteiger partial charge is 0.418 e. The summed E-state index contributed by atoms with van der Waals surface area (Å²) in [5.74, 6) is 0.874. The second-order valence-electron chi connectivity index (χ2n) is 4.40. The van der Waals surface area contributed by atoms with Crippen LogP contribution in [0.5, 0.6) is 0 Å². The molecule has 108 valence electrons. The van der Waals surface area contributed by atoms with Gasteiger partial charge in [0.1, 0.15) is 0 Å². The zero-order chi connectivity index (χ0) is 14.6. The van der Waals surface area contributed by atoms with Gasteiger partial charge in [0.2, 0.25) is 0 Å².